The molecule has 5 nitrogen and oxygen atoms in total. The number of halogens is 4. The zero-order chi connectivity index (χ0) is 19.6. The van der Waals surface area contributed by atoms with Crippen LogP contribution in [0.25, 0.3) is 0 Å². The lowest BCUT2D eigenvalue weighted by atomic mass is 10.2. The molecular formula is C18H12Cl2F2N2O3. The molecule has 0 saturated carbocycles. The highest BCUT2D eigenvalue weighted by Gasteiger charge is 2.22. The predicted octanol–water partition coefficient (Wildman–Crippen LogP) is 5.40. The Morgan fingerprint density at radius 3 is 2.59 bits per heavy atom. The third-order valence-electron chi connectivity index (χ3n) is 3.67. The van der Waals surface area contributed by atoms with Gasteiger partial charge in [0.2, 0.25) is 0 Å². The number of para-hydroxylation sites is 1. The Hall–Kier alpha value is -2.64. The second-order valence-electron chi connectivity index (χ2n) is 5.48. The van der Waals surface area contributed by atoms with Crippen molar-refractivity contribution >= 4 is 34.8 Å². The van der Waals surface area contributed by atoms with Crippen molar-refractivity contribution < 1.29 is 22.8 Å². The molecule has 3 rings (SSSR count). The molecule has 0 unspecified atom stereocenters. The minimum atomic E-state index is -0.863. The highest BCUT2D eigenvalue weighted by atomic mass is 35.5. The van der Waals surface area contributed by atoms with E-state index in [2.05, 4.69) is 10.5 Å². The molecule has 2 aromatic carbocycles. The fourth-order valence-corrected chi connectivity index (χ4v) is 2.76. The second kappa shape index (κ2) is 7.94. The second-order valence-corrected chi connectivity index (χ2v) is 6.29. The number of amides is 1. The van der Waals surface area contributed by atoms with Crippen molar-refractivity contribution in [3.05, 3.63) is 75.1 Å². The molecule has 0 aliphatic carbocycles. The number of anilines is 1. The molecule has 1 amide bonds. The Labute approximate surface area is 162 Å². The third-order valence-corrected chi connectivity index (χ3v) is 4.30. The molecule has 1 heterocycles. The van der Waals surface area contributed by atoms with E-state index < -0.39 is 17.5 Å². The maximum atomic E-state index is 13.7. The van der Waals surface area contributed by atoms with E-state index in [-0.39, 0.29) is 33.8 Å². The van der Waals surface area contributed by atoms with Crippen LogP contribution in [-0.2, 0) is 6.61 Å². The van der Waals surface area contributed by atoms with Crippen LogP contribution in [0, 0.1) is 18.6 Å². The van der Waals surface area contributed by atoms with Gasteiger partial charge in [0.25, 0.3) is 5.91 Å². The lowest BCUT2D eigenvalue weighted by Crippen LogP contribution is -2.16. The van der Waals surface area contributed by atoms with Crippen LogP contribution < -0.4 is 10.1 Å². The van der Waals surface area contributed by atoms with E-state index in [1.54, 1.807) is 25.1 Å². The minimum Gasteiger partial charge on any atom is -0.486 e. The van der Waals surface area contributed by atoms with Gasteiger partial charge in [-0.25, -0.2) is 8.78 Å². The SMILES string of the molecule is Cc1onc(C(=O)Nc2c(Cl)cccc2Cl)c1COc1ccc(F)cc1F. The van der Waals surface area contributed by atoms with Crippen LogP contribution in [0.4, 0.5) is 14.5 Å². The number of carbonyl (C=O) groups is 1. The van der Waals surface area contributed by atoms with E-state index in [1.807, 2.05) is 0 Å². The lowest BCUT2D eigenvalue weighted by molar-refractivity contribution is 0.101. The molecule has 140 valence electrons. The molecule has 0 atom stereocenters. The highest BCUT2D eigenvalue weighted by Crippen LogP contribution is 2.30. The number of benzene rings is 2. The van der Waals surface area contributed by atoms with E-state index in [4.69, 9.17) is 32.5 Å². The average Bonchev–Trinajstić information content (AvgIpc) is 2.98. The molecule has 1 N–H and O–H groups in total. The summed E-state index contributed by atoms with van der Waals surface area (Å²) in [5, 5.41) is 6.78. The minimum absolute atomic E-state index is 0.0639. The first kappa shape index (κ1) is 19.1. The van der Waals surface area contributed by atoms with Gasteiger partial charge in [0.05, 0.1) is 21.3 Å². The van der Waals surface area contributed by atoms with E-state index in [1.165, 1.54) is 0 Å². The fourth-order valence-electron chi connectivity index (χ4n) is 2.27. The third kappa shape index (κ3) is 4.20. The molecule has 3 aromatic rings. The smallest absolute Gasteiger partial charge is 0.278 e. The Morgan fingerprint density at radius 2 is 1.93 bits per heavy atom. The Bertz CT molecular complexity index is 988. The van der Waals surface area contributed by atoms with Crippen LogP contribution in [0.2, 0.25) is 10.0 Å². The average molecular weight is 413 g/mol. The topological polar surface area (TPSA) is 64.4 Å². The van der Waals surface area contributed by atoms with Gasteiger partial charge in [-0.05, 0) is 31.2 Å². The van der Waals surface area contributed by atoms with Crippen LogP contribution in [-0.4, -0.2) is 11.1 Å². The summed E-state index contributed by atoms with van der Waals surface area (Å²) in [6, 6.07) is 7.68. The van der Waals surface area contributed by atoms with Crippen molar-refractivity contribution in [2.45, 2.75) is 13.5 Å². The van der Waals surface area contributed by atoms with E-state index in [0.29, 0.717) is 17.4 Å². The molecule has 1 aromatic heterocycles. The number of aryl methyl sites for hydroxylation is 1. The summed E-state index contributed by atoms with van der Waals surface area (Å²) in [6.45, 7) is 1.36. The zero-order valence-corrected chi connectivity index (χ0v) is 15.4. The lowest BCUT2D eigenvalue weighted by Gasteiger charge is -2.10. The van der Waals surface area contributed by atoms with Gasteiger partial charge in [0.15, 0.2) is 17.3 Å². The van der Waals surface area contributed by atoms with E-state index in [0.717, 1.165) is 12.1 Å². The van der Waals surface area contributed by atoms with Gasteiger partial charge in [0, 0.05) is 6.07 Å². The summed E-state index contributed by atoms with van der Waals surface area (Å²) >= 11 is 12.1. The van der Waals surface area contributed by atoms with Crippen molar-refractivity contribution in [3.63, 3.8) is 0 Å². The van der Waals surface area contributed by atoms with Gasteiger partial charge in [-0.2, -0.15) is 0 Å². The fraction of sp³-hybridized carbons (Fsp3) is 0.111. The van der Waals surface area contributed by atoms with Gasteiger partial charge >= 0.3 is 0 Å². The monoisotopic (exact) mass is 412 g/mol. The maximum absolute atomic E-state index is 13.7. The van der Waals surface area contributed by atoms with E-state index >= 15 is 0 Å². The van der Waals surface area contributed by atoms with Crippen LogP contribution >= 0.6 is 23.2 Å². The van der Waals surface area contributed by atoms with Crippen LogP contribution in [0.1, 0.15) is 21.8 Å². The normalized spacial score (nSPS) is 10.7. The highest BCUT2D eigenvalue weighted by molar-refractivity contribution is 6.40. The van der Waals surface area contributed by atoms with Crippen molar-refractivity contribution in [2.24, 2.45) is 0 Å². The van der Waals surface area contributed by atoms with Gasteiger partial charge in [0.1, 0.15) is 18.2 Å². The first-order valence-electron chi connectivity index (χ1n) is 7.65. The summed E-state index contributed by atoms with van der Waals surface area (Å²) in [7, 11) is 0. The number of nitrogens with zero attached hydrogens (tertiary/aromatic N) is 1. The summed E-state index contributed by atoms with van der Waals surface area (Å²) in [6.07, 6.45) is 0. The summed E-state index contributed by atoms with van der Waals surface area (Å²) < 4.78 is 37.0. The number of carbonyl (C=O) groups excluding carboxylic acids is 1. The Morgan fingerprint density at radius 1 is 1.22 bits per heavy atom. The number of hydrogen-bond acceptors (Lipinski definition) is 4. The molecule has 0 aliphatic rings. The first-order valence-corrected chi connectivity index (χ1v) is 8.40. The Kier molecular flexibility index (Phi) is 5.62. The molecule has 0 radical (unpaired) electrons. The quantitative estimate of drug-likeness (QED) is 0.609. The molecule has 27 heavy (non-hydrogen) atoms. The number of nitrogens with one attached hydrogen (secondary N) is 1. The van der Waals surface area contributed by atoms with Crippen molar-refractivity contribution in [1.29, 1.82) is 0 Å². The number of hydrogen-bond donors (Lipinski definition) is 1. The number of rotatable bonds is 5. The molecular weight excluding hydrogens is 401 g/mol. The van der Waals surface area contributed by atoms with Crippen LogP contribution in [0.3, 0.4) is 0 Å². The summed E-state index contributed by atoms with van der Waals surface area (Å²) in [5.41, 5.74) is 0.466. The van der Waals surface area contributed by atoms with Gasteiger partial charge in [-0.1, -0.05) is 34.4 Å². The number of ether oxygens (including phenoxy) is 1. The molecule has 0 fully saturated rings. The van der Waals surface area contributed by atoms with Crippen LogP contribution in [0.15, 0.2) is 40.9 Å². The predicted molar refractivity (Wildman–Crippen MR) is 96.3 cm³/mol. The maximum Gasteiger partial charge on any atom is 0.278 e. The zero-order valence-electron chi connectivity index (χ0n) is 13.9. The molecule has 0 saturated heterocycles. The van der Waals surface area contributed by atoms with Gasteiger partial charge < -0.3 is 14.6 Å². The molecule has 0 aliphatic heterocycles. The van der Waals surface area contributed by atoms with E-state index in [9.17, 15) is 13.6 Å². The van der Waals surface area contributed by atoms with Crippen molar-refractivity contribution in [1.82, 2.24) is 5.16 Å². The molecule has 0 bridgehead atoms. The molecule has 0 spiro atoms. The summed E-state index contributed by atoms with van der Waals surface area (Å²) in [5.74, 6) is -2.07. The molecule has 9 heteroatoms. The van der Waals surface area contributed by atoms with Crippen molar-refractivity contribution in [2.75, 3.05) is 5.32 Å². The van der Waals surface area contributed by atoms with Gasteiger partial charge in [-0.3, -0.25) is 4.79 Å². The summed E-state index contributed by atoms with van der Waals surface area (Å²) in [4.78, 5) is 12.5. The van der Waals surface area contributed by atoms with Crippen LogP contribution in [0.5, 0.6) is 5.75 Å². The standard InChI is InChI=1S/C18H12Cl2F2N2O3/c1-9-11(8-26-15-6-5-10(21)7-14(15)22)16(24-27-9)18(25)23-17-12(19)3-2-4-13(17)20/h2-7H,8H2,1H3,(H,23,25). The largest absolute Gasteiger partial charge is 0.486 e. The van der Waals surface area contributed by atoms with Crippen molar-refractivity contribution in [3.8, 4) is 5.75 Å². The first-order chi connectivity index (χ1) is 12.9. The van der Waals surface area contributed by atoms with Gasteiger partial charge in [-0.15, -0.1) is 0 Å². The Balaban J connectivity index is 1.80. The number of aromatic nitrogens is 1.